The number of hydrogen-bond acceptors (Lipinski definition) is 8. The van der Waals surface area contributed by atoms with Crippen LogP contribution in [0.4, 0.5) is 4.39 Å². The molecule has 2 aromatic carbocycles. The van der Waals surface area contributed by atoms with Gasteiger partial charge in [-0.2, -0.15) is 0 Å². The summed E-state index contributed by atoms with van der Waals surface area (Å²) in [5.74, 6) is -0.355. The van der Waals surface area contributed by atoms with Gasteiger partial charge in [-0.25, -0.2) is 18.7 Å². The van der Waals surface area contributed by atoms with Gasteiger partial charge in [0.1, 0.15) is 11.6 Å². The smallest absolute Gasteiger partial charge is 0.337 e. The Morgan fingerprint density at radius 2 is 1.69 bits per heavy atom. The number of nitrogens with zero attached hydrogens (tertiary/aromatic N) is 5. The van der Waals surface area contributed by atoms with Crippen LogP contribution < -0.4 is 16.6 Å². The highest BCUT2D eigenvalue weighted by Gasteiger charge is 2.30. The number of hydrogen-bond donors (Lipinski definition) is 1. The molecule has 1 aliphatic heterocycles. The summed E-state index contributed by atoms with van der Waals surface area (Å²) in [6.45, 7) is 5.19. The van der Waals surface area contributed by atoms with Crippen LogP contribution in [0.1, 0.15) is 89.6 Å². The Balaban J connectivity index is 1.03. The van der Waals surface area contributed by atoms with Gasteiger partial charge in [-0.05, 0) is 100.0 Å². The fraction of sp³-hybridized carbons (Fsp3) is 0.405. The summed E-state index contributed by atoms with van der Waals surface area (Å²) in [6.07, 6.45) is 6.83. The van der Waals surface area contributed by atoms with Gasteiger partial charge in [0.05, 0.1) is 22.8 Å². The summed E-state index contributed by atoms with van der Waals surface area (Å²) >= 11 is 0. The molecule has 1 saturated heterocycles. The van der Waals surface area contributed by atoms with Gasteiger partial charge < -0.3 is 14.6 Å². The number of carbonyl (C=O) groups is 2. The number of aromatic nitrogens is 3. The number of ketones is 1. The molecule has 54 heavy (non-hydrogen) atoms. The van der Waals surface area contributed by atoms with Crippen molar-refractivity contribution in [2.45, 2.75) is 76.4 Å². The van der Waals surface area contributed by atoms with Crippen molar-refractivity contribution in [1.29, 1.82) is 0 Å². The number of Topliss-reactive ketones (excluding diaryl/α,β-unsaturated/α-hetero) is 1. The van der Waals surface area contributed by atoms with Crippen LogP contribution in [0, 0.1) is 5.82 Å². The molecule has 0 atom stereocenters. The van der Waals surface area contributed by atoms with E-state index in [1.807, 2.05) is 18.2 Å². The fourth-order valence-electron chi connectivity index (χ4n) is 8.28. The normalized spacial score (nSPS) is 20.0. The Kier molecular flexibility index (Phi) is 10.1. The van der Waals surface area contributed by atoms with Crippen LogP contribution in [0.5, 0.6) is 0 Å². The van der Waals surface area contributed by atoms with E-state index in [9.17, 15) is 23.6 Å². The average Bonchev–Trinajstić information content (AvgIpc) is 3.40. The van der Waals surface area contributed by atoms with Crippen LogP contribution in [-0.4, -0.2) is 74.9 Å². The second kappa shape index (κ2) is 15.3. The van der Waals surface area contributed by atoms with Gasteiger partial charge in [-0.3, -0.25) is 23.9 Å². The minimum atomic E-state index is -0.666. The molecule has 280 valence electrons. The van der Waals surface area contributed by atoms with E-state index < -0.39 is 23.1 Å². The van der Waals surface area contributed by atoms with Crippen molar-refractivity contribution in [3.63, 3.8) is 0 Å². The highest BCUT2D eigenvalue weighted by atomic mass is 19.1. The van der Waals surface area contributed by atoms with Gasteiger partial charge in [-0.1, -0.05) is 36.4 Å². The predicted octanol–water partition coefficient (Wildman–Crippen LogP) is 5.91. The number of halogens is 1. The third-order valence-electron chi connectivity index (χ3n) is 11.3. The molecule has 8 rings (SSSR count). The van der Waals surface area contributed by atoms with Gasteiger partial charge in [-0.15, -0.1) is 0 Å². The molecule has 0 spiro atoms. The van der Waals surface area contributed by atoms with Crippen molar-refractivity contribution in [3.8, 4) is 16.8 Å². The van der Waals surface area contributed by atoms with E-state index in [1.54, 1.807) is 12.1 Å². The molecule has 0 radical (unpaired) electrons. The molecule has 1 N–H and O–H groups in total. The van der Waals surface area contributed by atoms with Gasteiger partial charge in [0, 0.05) is 50.6 Å². The molecular weight excluding hydrogens is 687 g/mol. The molecule has 3 aliphatic rings. The number of amides is 1. The summed E-state index contributed by atoms with van der Waals surface area (Å²) < 4.78 is 23.0. The first-order valence-electron chi connectivity index (χ1n) is 19.1. The van der Waals surface area contributed by atoms with E-state index in [-0.39, 0.29) is 34.5 Å². The first-order valence-corrected chi connectivity index (χ1v) is 19.1. The molecule has 2 fully saturated rings. The molecule has 3 aromatic heterocycles. The van der Waals surface area contributed by atoms with Gasteiger partial charge >= 0.3 is 5.69 Å². The lowest BCUT2D eigenvalue weighted by Gasteiger charge is -2.30. The molecule has 0 bridgehead atoms. The summed E-state index contributed by atoms with van der Waals surface area (Å²) in [5, 5.41) is 3.04. The van der Waals surface area contributed by atoms with Crippen LogP contribution in [0.25, 0.3) is 27.8 Å². The van der Waals surface area contributed by atoms with Crippen LogP contribution in [0.2, 0.25) is 0 Å². The van der Waals surface area contributed by atoms with Crippen molar-refractivity contribution < 1.29 is 18.4 Å². The van der Waals surface area contributed by atoms with E-state index >= 15 is 0 Å². The maximum Gasteiger partial charge on any atom is 0.337 e. The second-order valence-corrected chi connectivity index (χ2v) is 15.1. The zero-order valence-electron chi connectivity index (χ0n) is 30.6. The Labute approximate surface area is 312 Å². The van der Waals surface area contributed by atoms with Crippen molar-refractivity contribution in [1.82, 2.24) is 29.2 Å². The molecule has 11 nitrogen and oxygen atoms in total. The highest BCUT2D eigenvalue weighted by molar-refractivity contribution is 6.00. The molecule has 1 saturated carbocycles. The number of nitrogens with one attached hydrogen (secondary N) is 1. The summed E-state index contributed by atoms with van der Waals surface area (Å²) in [4.78, 5) is 63.0. The average molecular weight is 733 g/mol. The largest absolute Gasteiger partial charge is 0.455 e. The lowest BCUT2D eigenvalue weighted by molar-refractivity contribution is 0.0891. The van der Waals surface area contributed by atoms with Crippen LogP contribution in [-0.2, 0) is 13.0 Å². The number of rotatable bonds is 7. The van der Waals surface area contributed by atoms with Crippen LogP contribution >= 0.6 is 0 Å². The maximum atomic E-state index is 14.6. The zero-order valence-corrected chi connectivity index (χ0v) is 30.6. The Bertz CT molecular complexity index is 2320. The number of fused-ring (bicyclic) bond motifs is 2. The molecule has 2 aliphatic carbocycles. The third-order valence-corrected chi connectivity index (χ3v) is 11.3. The Hall–Kier alpha value is -5.20. The third kappa shape index (κ3) is 7.32. The van der Waals surface area contributed by atoms with Gasteiger partial charge in [0.25, 0.3) is 11.5 Å². The van der Waals surface area contributed by atoms with Crippen molar-refractivity contribution in [3.05, 3.63) is 116 Å². The second-order valence-electron chi connectivity index (χ2n) is 15.1. The number of furan rings is 1. The van der Waals surface area contributed by atoms with Crippen LogP contribution in [0.15, 0.2) is 80.9 Å². The number of carbonyl (C=O) groups excluding carboxylic acids is 2. The summed E-state index contributed by atoms with van der Waals surface area (Å²) in [6, 6.07) is 18.0. The highest BCUT2D eigenvalue weighted by Crippen LogP contribution is 2.30. The topological polar surface area (TPSA) is 123 Å². The van der Waals surface area contributed by atoms with Crippen LogP contribution in [0.3, 0.4) is 0 Å². The molecule has 1 amide bonds. The monoisotopic (exact) mass is 732 g/mol. The molecule has 4 heterocycles. The minimum absolute atomic E-state index is 0.000198. The van der Waals surface area contributed by atoms with E-state index in [1.165, 1.54) is 14.7 Å². The SMILES string of the molecule is CN1CCCN(Cc2ccc(-c3cccc(-n4c(=O)n(C5CCC(NC(=O)c6cc7c(o6)CCCCC7=O)CC5)c(=O)c5cc(F)cnc54)c3)cc2)CC1. The maximum absolute atomic E-state index is 14.6. The first kappa shape index (κ1) is 35.8. The van der Waals surface area contributed by atoms with E-state index in [2.05, 4.69) is 51.4 Å². The predicted molar refractivity (Wildman–Crippen MR) is 204 cm³/mol. The standard InChI is InChI=1S/C42H45FN6O5/c1-46-18-5-19-47(21-20-46)26-27-10-12-28(13-11-27)29-6-4-7-33(22-29)48-39-35(23-30(43)25-44-39)41(52)49(42(48)53)32-16-14-31(15-17-32)45-40(51)38-24-34-36(50)8-2-3-9-37(34)54-38/h4,6-7,10-13,22-25,31-32H,2-3,5,8-9,14-21,26H2,1H3,(H,45,51). The number of likely N-dealkylation sites (N-methyl/N-ethyl adjacent to an activating group) is 1. The Morgan fingerprint density at radius 3 is 2.50 bits per heavy atom. The number of pyridine rings is 1. The lowest BCUT2D eigenvalue weighted by atomic mass is 9.90. The molecular formula is C42H45FN6O5. The number of benzene rings is 2. The van der Waals surface area contributed by atoms with Crippen molar-refractivity contribution in [2.75, 3.05) is 33.2 Å². The quantitative estimate of drug-likeness (QED) is 0.205. The zero-order chi connectivity index (χ0) is 37.3. The lowest BCUT2D eigenvalue weighted by Crippen LogP contribution is -2.45. The first-order chi connectivity index (χ1) is 26.2. The molecule has 0 unspecified atom stereocenters. The van der Waals surface area contributed by atoms with Gasteiger partial charge in [0.2, 0.25) is 0 Å². The van der Waals surface area contributed by atoms with Gasteiger partial charge in [0.15, 0.2) is 17.2 Å². The Morgan fingerprint density at radius 1 is 0.889 bits per heavy atom. The van der Waals surface area contributed by atoms with Crippen molar-refractivity contribution in [2.24, 2.45) is 0 Å². The minimum Gasteiger partial charge on any atom is -0.455 e. The molecule has 12 heteroatoms. The fourth-order valence-corrected chi connectivity index (χ4v) is 8.28. The van der Waals surface area contributed by atoms with E-state index in [0.29, 0.717) is 55.5 Å². The van der Waals surface area contributed by atoms with E-state index in [0.717, 1.165) is 75.4 Å². The summed E-state index contributed by atoms with van der Waals surface area (Å²) in [5.41, 5.74) is 3.09. The number of aryl methyl sites for hydroxylation is 1. The van der Waals surface area contributed by atoms with Crippen molar-refractivity contribution >= 4 is 22.7 Å². The summed E-state index contributed by atoms with van der Waals surface area (Å²) in [7, 11) is 2.17. The van der Waals surface area contributed by atoms with E-state index in [4.69, 9.17) is 4.42 Å². The molecule has 5 aromatic rings.